The van der Waals surface area contributed by atoms with E-state index in [1.807, 2.05) is 42.6 Å². The van der Waals surface area contributed by atoms with Crippen LogP contribution >= 0.6 is 23.2 Å². The molecular weight excluding hydrogens is 687 g/mol. The van der Waals surface area contributed by atoms with Crippen LogP contribution < -0.4 is 14.8 Å². The van der Waals surface area contributed by atoms with Crippen molar-refractivity contribution in [1.82, 2.24) is 40.1 Å². The van der Waals surface area contributed by atoms with E-state index in [9.17, 15) is 4.79 Å². The van der Waals surface area contributed by atoms with Crippen molar-refractivity contribution < 1.29 is 14.3 Å². The summed E-state index contributed by atoms with van der Waals surface area (Å²) in [5.74, 6) is 1.37. The molecular formula is C38H38Cl2N8O3. The minimum atomic E-state index is 0.124. The van der Waals surface area contributed by atoms with Crippen molar-refractivity contribution in [1.29, 1.82) is 0 Å². The molecule has 0 bridgehead atoms. The number of carbonyl (C=O) groups excluding carboxylic acids is 1. The van der Waals surface area contributed by atoms with Gasteiger partial charge in [-0.1, -0.05) is 59.6 Å². The fourth-order valence-corrected chi connectivity index (χ4v) is 7.55. The summed E-state index contributed by atoms with van der Waals surface area (Å²) in [7, 11) is 3.19. The number of hydrogen-bond donors (Lipinski definition) is 1. The molecule has 1 N–H and O–H groups in total. The molecule has 3 aromatic heterocycles. The Morgan fingerprint density at radius 3 is 2.08 bits per heavy atom. The van der Waals surface area contributed by atoms with Gasteiger partial charge in [-0.05, 0) is 38.6 Å². The van der Waals surface area contributed by atoms with Crippen molar-refractivity contribution >= 4 is 29.1 Å². The molecule has 1 unspecified atom stereocenters. The third-order valence-electron chi connectivity index (χ3n) is 9.55. The van der Waals surface area contributed by atoms with Crippen molar-refractivity contribution in [2.24, 2.45) is 0 Å². The SMILES string of the molecule is COc1nc(-c2cccc(-c3cccc(-c4cnc(CN5CCC(c6cnccn6)C5)c(OC)n4)c3Cl)c2Cl)cnc1CCC[C@@H]1CCC(=O)N1. The summed E-state index contributed by atoms with van der Waals surface area (Å²) < 4.78 is 11.4. The molecule has 2 saturated heterocycles. The normalized spacial score (nSPS) is 17.5. The van der Waals surface area contributed by atoms with Gasteiger partial charge in [-0.2, -0.15) is 0 Å². The number of aryl methyl sites for hydroxylation is 1. The van der Waals surface area contributed by atoms with Gasteiger partial charge in [0.25, 0.3) is 0 Å². The number of nitrogens with zero attached hydrogens (tertiary/aromatic N) is 7. The number of methoxy groups -OCH3 is 2. The maximum absolute atomic E-state index is 11.5. The quantitative estimate of drug-likeness (QED) is 0.144. The highest BCUT2D eigenvalue weighted by Gasteiger charge is 2.27. The molecule has 2 aliphatic heterocycles. The molecule has 5 aromatic rings. The predicted octanol–water partition coefficient (Wildman–Crippen LogP) is 6.97. The van der Waals surface area contributed by atoms with Crippen molar-refractivity contribution in [3.8, 4) is 45.4 Å². The number of likely N-dealkylation sites (tertiary alicyclic amines) is 1. The second kappa shape index (κ2) is 15.7. The smallest absolute Gasteiger partial charge is 0.237 e. The minimum absolute atomic E-state index is 0.124. The number of benzene rings is 2. The van der Waals surface area contributed by atoms with Gasteiger partial charge in [0.05, 0.1) is 53.7 Å². The van der Waals surface area contributed by atoms with Gasteiger partial charge in [-0.15, -0.1) is 0 Å². The Bertz CT molecular complexity index is 2030. The number of hydrogen-bond acceptors (Lipinski definition) is 10. The summed E-state index contributed by atoms with van der Waals surface area (Å²) in [4.78, 5) is 41.7. The highest BCUT2D eigenvalue weighted by Crippen LogP contribution is 2.42. The lowest BCUT2D eigenvalue weighted by molar-refractivity contribution is -0.119. The van der Waals surface area contributed by atoms with Gasteiger partial charge in [0.15, 0.2) is 0 Å². The van der Waals surface area contributed by atoms with Gasteiger partial charge in [0, 0.05) is 72.3 Å². The van der Waals surface area contributed by atoms with E-state index in [1.165, 1.54) is 0 Å². The first-order valence-corrected chi connectivity index (χ1v) is 17.8. The molecule has 7 rings (SSSR count). The van der Waals surface area contributed by atoms with Crippen molar-refractivity contribution in [3.63, 3.8) is 0 Å². The summed E-state index contributed by atoms with van der Waals surface area (Å²) in [6.45, 7) is 2.40. The van der Waals surface area contributed by atoms with Crippen LogP contribution in [-0.4, -0.2) is 74.1 Å². The summed E-state index contributed by atoms with van der Waals surface area (Å²) >= 11 is 14.2. The van der Waals surface area contributed by atoms with E-state index in [2.05, 4.69) is 20.2 Å². The van der Waals surface area contributed by atoms with E-state index in [0.717, 1.165) is 67.0 Å². The third-order valence-corrected chi connectivity index (χ3v) is 10.4. The second-order valence-electron chi connectivity index (χ2n) is 12.8. The summed E-state index contributed by atoms with van der Waals surface area (Å²) in [6, 6.07) is 11.7. The van der Waals surface area contributed by atoms with Crippen LogP contribution in [0, 0.1) is 0 Å². The van der Waals surface area contributed by atoms with E-state index < -0.39 is 0 Å². The maximum atomic E-state index is 11.5. The van der Waals surface area contributed by atoms with Crippen LogP contribution in [-0.2, 0) is 17.8 Å². The monoisotopic (exact) mass is 724 g/mol. The molecule has 2 fully saturated rings. The molecule has 0 radical (unpaired) electrons. The van der Waals surface area contributed by atoms with Gasteiger partial charge < -0.3 is 14.8 Å². The number of aromatic nitrogens is 6. The molecule has 2 aromatic carbocycles. The molecule has 0 saturated carbocycles. The van der Waals surface area contributed by atoms with Crippen molar-refractivity contribution in [2.45, 2.75) is 57.0 Å². The molecule has 5 heterocycles. The van der Waals surface area contributed by atoms with Gasteiger partial charge in [0.2, 0.25) is 17.7 Å². The van der Waals surface area contributed by atoms with Crippen LogP contribution in [0.15, 0.2) is 67.4 Å². The number of nitrogens with one attached hydrogen (secondary N) is 1. The van der Waals surface area contributed by atoms with Crippen molar-refractivity contribution in [3.05, 3.63) is 94.5 Å². The van der Waals surface area contributed by atoms with Crippen LogP contribution in [0.1, 0.15) is 55.1 Å². The largest absolute Gasteiger partial charge is 0.480 e. The van der Waals surface area contributed by atoms with Crippen LogP contribution in [0.3, 0.4) is 0 Å². The highest BCUT2D eigenvalue weighted by atomic mass is 35.5. The average molecular weight is 726 g/mol. The van der Waals surface area contributed by atoms with E-state index in [4.69, 9.17) is 52.6 Å². The van der Waals surface area contributed by atoms with E-state index in [-0.39, 0.29) is 11.9 Å². The third kappa shape index (κ3) is 7.66. The molecule has 11 nitrogen and oxygen atoms in total. The zero-order chi connectivity index (χ0) is 35.3. The molecule has 1 amide bonds. The van der Waals surface area contributed by atoms with Crippen LogP contribution in [0.2, 0.25) is 10.0 Å². The highest BCUT2D eigenvalue weighted by molar-refractivity contribution is 6.39. The van der Waals surface area contributed by atoms with E-state index in [0.29, 0.717) is 69.6 Å². The Hall–Kier alpha value is -4.71. The van der Waals surface area contributed by atoms with Gasteiger partial charge in [-0.25, -0.2) is 9.97 Å². The first-order valence-electron chi connectivity index (χ1n) is 17.1. The minimum Gasteiger partial charge on any atom is -0.480 e. The lowest BCUT2D eigenvalue weighted by Crippen LogP contribution is -2.25. The number of rotatable bonds is 12. The topological polar surface area (TPSA) is 128 Å². The summed E-state index contributed by atoms with van der Waals surface area (Å²) in [5, 5.41) is 4.00. The number of ether oxygens (including phenoxy) is 2. The fraction of sp³-hybridized carbons (Fsp3) is 0.342. The Morgan fingerprint density at radius 1 is 0.824 bits per heavy atom. The Kier molecular flexibility index (Phi) is 10.7. The first-order chi connectivity index (χ1) is 24.9. The van der Waals surface area contributed by atoms with Crippen LogP contribution in [0.25, 0.3) is 33.6 Å². The number of halogens is 2. The maximum Gasteiger partial charge on any atom is 0.237 e. The number of amides is 1. The first kappa shape index (κ1) is 34.7. The Morgan fingerprint density at radius 2 is 1.47 bits per heavy atom. The lowest BCUT2D eigenvalue weighted by Gasteiger charge is -2.17. The Labute approximate surface area is 306 Å². The zero-order valence-corrected chi connectivity index (χ0v) is 30.0. The van der Waals surface area contributed by atoms with E-state index in [1.54, 1.807) is 39.0 Å². The van der Waals surface area contributed by atoms with E-state index >= 15 is 0 Å². The second-order valence-corrected chi connectivity index (χ2v) is 13.6. The van der Waals surface area contributed by atoms with Gasteiger partial charge in [0.1, 0.15) is 11.4 Å². The van der Waals surface area contributed by atoms with Crippen LogP contribution in [0.4, 0.5) is 0 Å². The molecule has 13 heteroatoms. The number of carbonyl (C=O) groups is 1. The molecule has 51 heavy (non-hydrogen) atoms. The van der Waals surface area contributed by atoms with Gasteiger partial charge in [-0.3, -0.25) is 29.6 Å². The molecule has 2 atom stereocenters. The molecule has 262 valence electrons. The standard InChI is InChI=1S/C38H38Cl2N8O3/c1-50-37-29(11-3-6-24-12-13-34(49)45-24)43-19-31(46-37)27-9-4-7-25(35(27)39)26-8-5-10-28(36(26)40)32-20-44-33(38(47-32)51-2)22-48-17-14-23(21-48)30-18-41-15-16-42-30/h4-5,7-10,15-16,18-20,23-24H,3,6,11-14,17,21-22H2,1-2H3,(H,45,49)/t23?,24-/m1/s1. The van der Waals surface area contributed by atoms with Crippen molar-refractivity contribution in [2.75, 3.05) is 27.3 Å². The molecule has 0 spiro atoms. The molecule has 0 aliphatic carbocycles. The van der Waals surface area contributed by atoms with Crippen LogP contribution in [0.5, 0.6) is 11.8 Å². The zero-order valence-electron chi connectivity index (χ0n) is 28.5. The molecule has 2 aliphatic rings. The van der Waals surface area contributed by atoms with Gasteiger partial charge >= 0.3 is 0 Å². The predicted molar refractivity (Wildman–Crippen MR) is 196 cm³/mol. The Balaban J connectivity index is 1.09. The fourth-order valence-electron chi connectivity index (χ4n) is 6.90. The lowest BCUT2D eigenvalue weighted by atomic mass is 9.98. The average Bonchev–Trinajstić information content (AvgIpc) is 3.81. The summed E-state index contributed by atoms with van der Waals surface area (Å²) in [6.07, 6.45) is 13.7. The summed E-state index contributed by atoms with van der Waals surface area (Å²) in [5.41, 5.74) is 6.62.